The minimum atomic E-state index is -0.395. The van der Waals surface area contributed by atoms with Gasteiger partial charge in [-0.2, -0.15) is 5.10 Å². The molecule has 42 heavy (non-hydrogen) atoms. The fourth-order valence-electron chi connectivity index (χ4n) is 6.13. The molecular weight excluding hydrogens is 557 g/mol. The molecule has 2 aromatic carbocycles. The molecule has 224 valence electrons. The molecule has 7 nitrogen and oxygen atoms in total. The number of nitrogens with zero attached hydrogens (tertiary/aromatic N) is 3. The number of halogens is 2. The number of fused-ring (bicyclic) bond motifs is 2. The van der Waals surface area contributed by atoms with Gasteiger partial charge in [0.2, 0.25) is 0 Å². The molecule has 5 rings (SSSR count). The lowest BCUT2D eigenvalue weighted by atomic mass is 9.96. The molecule has 3 heterocycles. The van der Waals surface area contributed by atoms with Crippen LogP contribution in [0.2, 0.25) is 5.02 Å². The summed E-state index contributed by atoms with van der Waals surface area (Å²) in [6, 6.07) is 7.18. The van der Waals surface area contributed by atoms with E-state index in [1.165, 1.54) is 6.07 Å². The molecule has 0 N–H and O–H groups in total. The number of hydrogen-bond donors (Lipinski definition) is 0. The van der Waals surface area contributed by atoms with Crippen LogP contribution in [0.25, 0.3) is 22.0 Å². The van der Waals surface area contributed by atoms with Gasteiger partial charge in [-0.15, -0.1) is 0 Å². The number of esters is 1. The molecule has 4 aromatic rings. The van der Waals surface area contributed by atoms with Crippen LogP contribution in [0, 0.1) is 19.7 Å². The van der Waals surface area contributed by atoms with E-state index in [1.807, 2.05) is 49.2 Å². The summed E-state index contributed by atoms with van der Waals surface area (Å²) in [5.74, 6) is 0.0241. The molecule has 1 aliphatic rings. The topological polar surface area (TPSA) is 67.5 Å². The third kappa shape index (κ3) is 5.66. The molecule has 9 heteroatoms. The molecule has 0 radical (unpaired) electrons. The van der Waals surface area contributed by atoms with Crippen molar-refractivity contribution >= 4 is 28.5 Å². The van der Waals surface area contributed by atoms with Crippen molar-refractivity contribution in [2.24, 2.45) is 7.05 Å². The quantitative estimate of drug-likeness (QED) is 0.156. The Hall–Kier alpha value is -3.36. The van der Waals surface area contributed by atoms with Gasteiger partial charge in [0.15, 0.2) is 0 Å². The second-order valence-corrected chi connectivity index (χ2v) is 11.2. The van der Waals surface area contributed by atoms with E-state index in [1.54, 1.807) is 13.0 Å². The Labute approximate surface area is 251 Å². The first-order valence-corrected chi connectivity index (χ1v) is 15.2. The van der Waals surface area contributed by atoms with E-state index in [0.717, 1.165) is 56.9 Å². The van der Waals surface area contributed by atoms with Crippen LogP contribution >= 0.6 is 11.6 Å². The molecule has 1 aliphatic heterocycles. The van der Waals surface area contributed by atoms with E-state index in [4.69, 9.17) is 30.9 Å². The van der Waals surface area contributed by atoms with Crippen LogP contribution in [-0.4, -0.2) is 40.1 Å². The number of aryl methyl sites for hydroxylation is 5. The molecule has 0 atom stereocenters. The highest BCUT2D eigenvalue weighted by Gasteiger charge is 2.30. The third-order valence-corrected chi connectivity index (χ3v) is 8.58. The second-order valence-electron chi connectivity index (χ2n) is 10.8. The normalized spacial score (nSPS) is 13.6. The number of benzene rings is 2. The summed E-state index contributed by atoms with van der Waals surface area (Å²) in [7, 11) is 1.88. The average Bonchev–Trinajstić information content (AvgIpc) is 3.43. The van der Waals surface area contributed by atoms with Crippen molar-refractivity contribution < 1.29 is 23.4 Å². The molecule has 0 fully saturated rings. The summed E-state index contributed by atoms with van der Waals surface area (Å²) in [5.41, 5.74) is 6.84. The number of aromatic nitrogens is 3. The number of rotatable bonds is 8. The van der Waals surface area contributed by atoms with E-state index in [9.17, 15) is 4.79 Å². The van der Waals surface area contributed by atoms with Crippen molar-refractivity contribution in [2.75, 3.05) is 19.8 Å². The maximum Gasteiger partial charge on any atom is 0.355 e. The first-order valence-electron chi connectivity index (χ1n) is 14.8. The summed E-state index contributed by atoms with van der Waals surface area (Å²) in [4.78, 5) is 13.6. The third-order valence-electron chi connectivity index (χ3n) is 7.98. The van der Waals surface area contributed by atoms with Crippen molar-refractivity contribution in [1.82, 2.24) is 14.3 Å². The second kappa shape index (κ2) is 12.9. The van der Waals surface area contributed by atoms with Gasteiger partial charge in [-0.05, 0) is 93.8 Å². The minimum Gasteiger partial charge on any atom is -0.494 e. The van der Waals surface area contributed by atoms with Gasteiger partial charge in [0.25, 0.3) is 0 Å². The first-order chi connectivity index (χ1) is 20.3. The van der Waals surface area contributed by atoms with Gasteiger partial charge in [0, 0.05) is 47.4 Å². The molecule has 0 unspecified atom stereocenters. The molecule has 0 amide bonds. The zero-order chi connectivity index (χ0) is 30.0. The van der Waals surface area contributed by atoms with Gasteiger partial charge < -0.3 is 18.8 Å². The predicted octanol–water partition coefficient (Wildman–Crippen LogP) is 7.51. The van der Waals surface area contributed by atoms with E-state index < -0.39 is 5.97 Å². The Morgan fingerprint density at radius 2 is 1.90 bits per heavy atom. The summed E-state index contributed by atoms with van der Waals surface area (Å²) < 4.78 is 37.5. The molecule has 0 spiro atoms. The van der Waals surface area contributed by atoms with Gasteiger partial charge >= 0.3 is 5.97 Å². The molecule has 0 aliphatic carbocycles. The summed E-state index contributed by atoms with van der Waals surface area (Å²) >= 11 is 6.33. The summed E-state index contributed by atoms with van der Waals surface area (Å²) in [5, 5.41) is 6.32. The number of carbonyl (C=O) groups is 1. The standard InChI is InChI=1S/C33H39ClFN3O4/c1-6-27-29-26(36-37(27)5)19-40-15-9-8-14-38-31-24(12-13-25(35)28(29)31)23(32(38)33(39)41-7-2)11-10-16-42-22-17-20(3)30(34)21(4)18-22/h12-13,17-18H,6-11,14-16,19H2,1-5H3. The van der Waals surface area contributed by atoms with Gasteiger partial charge in [-0.3, -0.25) is 4.68 Å². The van der Waals surface area contributed by atoms with Crippen LogP contribution < -0.4 is 4.74 Å². The zero-order valence-corrected chi connectivity index (χ0v) is 25.9. The van der Waals surface area contributed by atoms with Crippen LogP contribution in [0.15, 0.2) is 24.3 Å². The fraction of sp³-hybridized carbons (Fsp3) is 0.455. The van der Waals surface area contributed by atoms with Gasteiger partial charge in [0.1, 0.15) is 17.3 Å². The number of carbonyl (C=O) groups excluding carboxylic acids is 1. The molecular formula is C33H39ClFN3O4. The fourth-order valence-corrected chi connectivity index (χ4v) is 6.24. The Bertz CT molecular complexity index is 1600. The average molecular weight is 596 g/mol. The smallest absolute Gasteiger partial charge is 0.355 e. The predicted molar refractivity (Wildman–Crippen MR) is 163 cm³/mol. The lowest BCUT2D eigenvalue weighted by molar-refractivity contribution is 0.0512. The summed E-state index contributed by atoms with van der Waals surface area (Å²) in [6.07, 6.45) is 3.48. The van der Waals surface area contributed by atoms with Gasteiger partial charge in [-0.25, -0.2) is 9.18 Å². The van der Waals surface area contributed by atoms with Crippen LogP contribution in [0.3, 0.4) is 0 Å². The van der Waals surface area contributed by atoms with Crippen molar-refractivity contribution in [3.63, 3.8) is 0 Å². The SMILES string of the molecule is CCOC(=O)c1c(CCCOc2cc(C)c(Cl)c(C)c2)c2ccc(F)c3c2n1CCCCOCc1nn(C)c(CC)c1-3. The Morgan fingerprint density at radius 1 is 1.14 bits per heavy atom. The first kappa shape index (κ1) is 30.1. The van der Waals surface area contributed by atoms with E-state index in [-0.39, 0.29) is 12.4 Å². The van der Waals surface area contributed by atoms with Crippen LogP contribution in [-0.2, 0) is 42.5 Å². The van der Waals surface area contributed by atoms with Gasteiger partial charge in [0.05, 0.1) is 31.0 Å². The zero-order valence-electron chi connectivity index (χ0n) is 25.1. The van der Waals surface area contributed by atoms with Gasteiger partial charge in [-0.1, -0.05) is 18.5 Å². The highest BCUT2D eigenvalue weighted by Crippen LogP contribution is 2.41. The highest BCUT2D eigenvalue weighted by atomic mass is 35.5. The van der Waals surface area contributed by atoms with Crippen molar-refractivity contribution in [3.8, 4) is 16.9 Å². The summed E-state index contributed by atoms with van der Waals surface area (Å²) in [6.45, 7) is 9.87. The Kier molecular flexibility index (Phi) is 9.23. The maximum absolute atomic E-state index is 16.0. The molecule has 0 bridgehead atoms. The van der Waals surface area contributed by atoms with Crippen LogP contribution in [0.5, 0.6) is 5.75 Å². The Morgan fingerprint density at radius 3 is 2.62 bits per heavy atom. The lowest BCUT2D eigenvalue weighted by Crippen LogP contribution is -2.15. The molecule has 0 saturated heterocycles. The Balaban J connectivity index is 1.63. The maximum atomic E-state index is 16.0. The van der Waals surface area contributed by atoms with Crippen LogP contribution in [0.4, 0.5) is 4.39 Å². The molecule has 0 saturated carbocycles. The van der Waals surface area contributed by atoms with Crippen molar-refractivity contribution in [3.05, 3.63) is 68.9 Å². The van der Waals surface area contributed by atoms with E-state index >= 15 is 4.39 Å². The number of hydrogen-bond acceptors (Lipinski definition) is 5. The van der Waals surface area contributed by atoms with E-state index in [0.29, 0.717) is 68.1 Å². The van der Waals surface area contributed by atoms with E-state index in [2.05, 4.69) is 0 Å². The van der Waals surface area contributed by atoms with Crippen molar-refractivity contribution in [1.29, 1.82) is 0 Å². The molecule has 2 aromatic heterocycles. The largest absolute Gasteiger partial charge is 0.494 e. The number of ether oxygens (including phenoxy) is 3. The minimum absolute atomic E-state index is 0.250. The van der Waals surface area contributed by atoms with Crippen molar-refractivity contribution in [2.45, 2.75) is 73.0 Å². The monoisotopic (exact) mass is 595 g/mol. The van der Waals surface area contributed by atoms with Crippen LogP contribution in [0.1, 0.15) is 71.7 Å². The lowest BCUT2D eigenvalue weighted by Gasteiger charge is -2.14. The highest BCUT2D eigenvalue weighted by molar-refractivity contribution is 6.32.